The van der Waals surface area contributed by atoms with Crippen molar-refractivity contribution in [3.05, 3.63) is 22.1 Å². The number of allylic oxidation sites excluding steroid dienone is 4. The smallest absolute Gasteiger partial charge is 0.165 e. The molecule has 0 heterocycles. The van der Waals surface area contributed by atoms with E-state index in [0.717, 1.165) is 0 Å². The molecule has 0 aromatic heterocycles. The predicted octanol–water partition coefficient (Wildman–Crippen LogP) is 1.86. The third kappa shape index (κ3) is 5.30. The topological polar surface area (TPSA) is 34.1 Å². The standard InChI is InChI=1S/C6H8Cl2O2S/c1-5(8)2-3-6(4-7)11(9)10/h2-3,11H,4H2,1H3/b5-2+,6-3+. The van der Waals surface area contributed by atoms with E-state index in [4.69, 9.17) is 23.2 Å². The Labute approximate surface area is 77.4 Å². The van der Waals surface area contributed by atoms with Gasteiger partial charge in [-0.1, -0.05) is 11.6 Å². The molecule has 2 nitrogen and oxygen atoms in total. The van der Waals surface area contributed by atoms with Gasteiger partial charge >= 0.3 is 0 Å². The van der Waals surface area contributed by atoms with Crippen molar-refractivity contribution in [1.29, 1.82) is 0 Å². The highest BCUT2D eigenvalue weighted by atomic mass is 35.5. The van der Waals surface area contributed by atoms with E-state index >= 15 is 0 Å². The lowest BCUT2D eigenvalue weighted by atomic mass is 10.4. The van der Waals surface area contributed by atoms with E-state index < -0.39 is 10.7 Å². The van der Waals surface area contributed by atoms with Gasteiger partial charge < -0.3 is 0 Å². The minimum Gasteiger partial charge on any atom is -0.227 e. The molecule has 11 heavy (non-hydrogen) atoms. The van der Waals surface area contributed by atoms with Crippen LogP contribution in [0.4, 0.5) is 0 Å². The van der Waals surface area contributed by atoms with Crippen molar-refractivity contribution in [2.45, 2.75) is 6.92 Å². The Morgan fingerprint density at radius 1 is 1.45 bits per heavy atom. The van der Waals surface area contributed by atoms with Crippen LogP contribution in [0.25, 0.3) is 0 Å². The minimum absolute atomic E-state index is 0.0145. The van der Waals surface area contributed by atoms with Crippen LogP contribution >= 0.6 is 23.2 Å². The molecule has 0 aromatic rings. The van der Waals surface area contributed by atoms with Gasteiger partial charge in [0.05, 0.1) is 10.8 Å². The van der Waals surface area contributed by atoms with Gasteiger partial charge in [-0.15, -0.1) is 11.6 Å². The van der Waals surface area contributed by atoms with Gasteiger partial charge in [0, 0.05) is 5.03 Å². The Bertz CT molecular complexity index is 241. The number of hydrogen-bond acceptors (Lipinski definition) is 2. The van der Waals surface area contributed by atoms with Gasteiger partial charge in [0.25, 0.3) is 0 Å². The predicted molar refractivity (Wildman–Crippen MR) is 48.7 cm³/mol. The first-order chi connectivity index (χ1) is 5.07. The lowest BCUT2D eigenvalue weighted by Crippen LogP contribution is -1.85. The van der Waals surface area contributed by atoms with E-state index in [-0.39, 0.29) is 10.8 Å². The highest BCUT2D eigenvalue weighted by molar-refractivity contribution is 7.76. The van der Waals surface area contributed by atoms with Crippen molar-refractivity contribution in [3.8, 4) is 0 Å². The third-order valence-corrected chi connectivity index (χ3v) is 2.25. The molecule has 0 rings (SSSR count). The summed E-state index contributed by atoms with van der Waals surface area (Å²) in [6.07, 6.45) is 2.88. The first-order valence-corrected chi connectivity index (χ1v) is 4.90. The molecular weight excluding hydrogens is 207 g/mol. The van der Waals surface area contributed by atoms with Crippen molar-refractivity contribution in [2.75, 3.05) is 5.88 Å². The number of halogens is 2. The fourth-order valence-corrected chi connectivity index (χ4v) is 1.10. The number of thiol groups is 1. The summed E-state index contributed by atoms with van der Waals surface area (Å²) < 4.78 is 20.7. The average Bonchev–Trinajstić information content (AvgIpc) is 1.87. The first-order valence-electron chi connectivity index (χ1n) is 2.81. The highest BCUT2D eigenvalue weighted by Crippen LogP contribution is 2.03. The lowest BCUT2D eigenvalue weighted by molar-refractivity contribution is 0.619. The molecule has 0 spiro atoms. The molecule has 0 unspecified atom stereocenters. The Hall–Kier alpha value is 0.01000. The summed E-state index contributed by atoms with van der Waals surface area (Å²) >= 11 is 10.8. The molecule has 0 N–H and O–H groups in total. The highest BCUT2D eigenvalue weighted by Gasteiger charge is 1.94. The Balaban J connectivity index is 4.50. The van der Waals surface area contributed by atoms with E-state index in [2.05, 4.69) is 0 Å². The maximum atomic E-state index is 10.4. The zero-order valence-electron chi connectivity index (χ0n) is 5.88. The molecule has 0 aliphatic rings. The third-order valence-electron chi connectivity index (χ3n) is 0.877. The van der Waals surface area contributed by atoms with E-state index in [9.17, 15) is 8.42 Å². The fourth-order valence-electron chi connectivity index (χ4n) is 0.365. The fraction of sp³-hybridized carbons (Fsp3) is 0.333. The average molecular weight is 215 g/mol. The minimum atomic E-state index is -2.57. The van der Waals surface area contributed by atoms with Gasteiger partial charge in [0.2, 0.25) is 0 Å². The van der Waals surface area contributed by atoms with Gasteiger partial charge in [-0.2, -0.15) is 0 Å². The zero-order valence-corrected chi connectivity index (χ0v) is 8.29. The van der Waals surface area contributed by atoms with Crippen molar-refractivity contribution < 1.29 is 8.42 Å². The summed E-state index contributed by atoms with van der Waals surface area (Å²) in [6, 6.07) is 0. The molecule has 0 atom stereocenters. The van der Waals surface area contributed by atoms with E-state index in [1.807, 2.05) is 0 Å². The molecule has 0 bridgehead atoms. The van der Waals surface area contributed by atoms with Crippen molar-refractivity contribution >= 4 is 33.9 Å². The number of hydrogen-bond donors (Lipinski definition) is 1. The van der Waals surface area contributed by atoms with E-state index in [1.165, 1.54) is 12.2 Å². The van der Waals surface area contributed by atoms with E-state index in [0.29, 0.717) is 5.03 Å². The van der Waals surface area contributed by atoms with Crippen LogP contribution in [0.2, 0.25) is 0 Å². The van der Waals surface area contributed by atoms with Crippen molar-refractivity contribution in [2.24, 2.45) is 0 Å². The lowest BCUT2D eigenvalue weighted by Gasteiger charge is -1.87. The summed E-state index contributed by atoms with van der Waals surface area (Å²) in [5, 5.41) is 0.518. The second-order valence-electron chi connectivity index (χ2n) is 1.80. The second kappa shape index (κ2) is 5.63. The normalized spacial score (nSPS) is 14.2. The SMILES string of the molecule is C/C(Cl)=C\C=C(/CCl)[SH](=O)=O. The van der Waals surface area contributed by atoms with Gasteiger partial charge in [-0.05, 0) is 19.1 Å². The van der Waals surface area contributed by atoms with Crippen LogP contribution in [0.5, 0.6) is 0 Å². The maximum absolute atomic E-state index is 10.4. The van der Waals surface area contributed by atoms with Gasteiger partial charge in [0.15, 0.2) is 10.7 Å². The molecule has 0 saturated heterocycles. The molecule has 0 fully saturated rings. The molecule has 64 valence electrons. The Morgan fingerprint density at radius 3 is 2.27 bits per heavy atom. The monoisotopic (exact) mass is 214 g/mol. The maximum Gasteiger partial charge on any atom is 0.165 e. The van der Waals surface area contributed by atoms with Crippen LogP contribution in [0, 0.1) is 0 Å². The van der Waals surface area contributed by atoms with E-state index in [1.54, 1.807) is 6.92 Å². The van der Waals surface area contributed by atoms with Crippen LogP contribution < -0.4 is 0 Å². The molecule has 0 saturated carbocycles. The Morgan fingerprint density at radius 2 is 2.00 bits per heavy atom. The van der Waals surface area contributed by atoms with Gasteiger partial charge in [0.1, 0.15) is 0 Å². The summed E-state index contributed by atoms with van der Waals surface area (Å²) in [7, 11) is -2.57. The van der Waals surface area contributed by atoms with Gasteiger partial charge in [-0.25, -0.2) is 8.42 Å². The molecule has 0 aliphatic heterocycles. The number of rotatable bonds is 3. The largest absolute Gasteiger partial charge is 0.227 e. The first kappa shape index (κ1) is 11.0. The van der Waals surface area contributed by atoms with Crippen LogP contribution in [-0.2, 0) is 10.7 Å². The van der Waals surface area contributed by atoms with Crippen LogP contribution in [0.3, 0.4) is 0 Å². The molecule has 0 amide bonds. The zero-order chi connectivity index (χ0) is 8.85. The summed E-state index contributed by atoms with van der Waals surface area (Å²) in [4.78, 5) is 0.168. The summed E-state index contributed by atoms with van der Waals surface area (Å²) in [5.74, 6) is -0.0145. The number of alkyl halides is 1. The molecule has 0 radical (unpaired) electrons. The van der Waals surface area contributed by atoms with Crippen LogP contribution in [0.15, 0.2) is 22.1 Å². The van der Waals surface area contributed by atoms with Crippen LogP contribution in [0.1, 0.15) is 6.92 Å². The Kier molecular flexibility index (Phi) is 5.64. The second-order valence-corrected chi connectivity index (χ2v) is 3.75. The van der Waals surface area contributed by atoms with Crippen molar-refractivity contribution in [1.82, 2.24) is 0 Å². The molecule has 5 heteroatoms. The quantitative estimate of drug-likeness (QED) is 0.443. The summed E-state index contributed by atoms with van der Waals surface area (Å²) in [6.45, 7) is 1.65. The van der Waals surface area contributed by atoms with Crippen molar-refractivity contribution in [3.63, 3.8) is 0 Å². The molecule has 0 aliphatic carbocycles. The summed E-state index contributed by atoms with van der Waals surface area (Å²) in [5.41, 5.74) is 0. The molecule has 0 aromatic carbocycles. The molecular formula is C6H8Cl2O2S. The van der Waals surface area contributed by atoms with Crippen LogP contribution in [-0.4, -0.2) is 14.3 Å². The van der Waals surface area contributed by atoms with Gasteiger partial charge in [-0.3, -0.25) is 0 Å².